The molecule has 0 unspecified atom stereocenters. The van der Waals surface area contributed by atoms with Crippen LogP contribution in [-0.2, 0) is 4.79 Å². The van der Waals surface area contributed by atoms with Gasteiger partial charge in [0.1, 0.15) is 22.9 Å². The Morgan fingerprint density at radius 2 is 1.93 bits per heavy atom. The number of Topliss-reactive ketones (excluding diaryl/α,β-unsaturated/α-hetero) is 2. The topological polar surface area (TPSA) is 63.6 Å². The van der Waals surface area contributed by atoms with Gasteiger partial charge in [-0.3, -0.25) is 9.59 Å². The molecule has 0 aromatic heterocycles. The lowest BCUT2D eigenvalue weighted by molar-refractivity contribution is -0.123. The maximum Gasteiger partial charge on any atom is 0.177 e. The van der Waals surface area contributed by atoms with Gasteiger partial charge in [0.15, 0.2) is 11.6 Å². The minimum Gasteiger partial charge on any atom is -0.507 e. The number of unbranched alkanes of at least 4 members (excludes halogenated alkanes) is 1. The number of aliphatic hydroxyl groups is 1. The summed E-state index contributed by atoms with van der Waals surface area (Å²) in [5.74, 6) is -2.26. The molecule has 1 saturated carbocycles. The van der Waals surface area contributed by atoms with Gasteiger partial charge >= 0.3 is 0 Å². The van der Waals surface area contributed by atoms with E-state index in [1.54, 1.807) is 24.3 Å². The van der Waals surface area contributed by atoms with Crippen LogP contribution < -0.4 is 4.74 Å². The van der Waals surface area contributed by atoms with E-state index in [-0.39, 0.29) is 23.3 Å². The Labute approximate surface area is 169 Å². The highest BCUT2D eigenvalue weighted by Crippen LogP contribution is 2.49. The van der Waals surface area contributed by atoms with E-state index in [9.17, 15) is 19.1 Å². The number of ketones is 2. The number of ether oxygens (including phenoxy) is 1. The summed E-state index contributed by atoms with van der Waals surface area (Å²) in [7, 11) is 0. The predicted octanol–water partition coefficient (Wildman–Crippen LogP) is 5.28. The second-order valence-corrected chi connectivity index (χ2v) is 7.72. The molecule has 0 bridgehead atoms. The second-order valence-electron chi connectivity index (χ2n) is 7.72. The first kappa shape index (κ1) is 19.4. The van der Waals surface area contributed by atoms with Crippen LogP contribution in [0.25, 0.3) is 5.76 Å². The molecule has 2 aromatic carbocycles. The van der Waals surface area contributed by atoms with Crippen molar-refractivity contribution in [3.8, 4) is 5.75 Å². The molecule has 2 aliphatic rings. The molecule has 1 aliphatic carbocycles. The summed E-state index contributed by atoms with van der Waals surface area (Å²) in [6.07, 6.45) is 2.97. The van der Waals surface area contributed by atoms with Gasteiger partial charge in [-0.05, 0) is 49.9 Å². The Morgan fingerprint density at radius 3 is 2.69 bits per heavy atom. The molecule has 1 aliphatic heterocycles. The van der Waals surface area contributed by atoms with E-state index >= 15 is 0 Å². The summed E-state index contributed by atoms with van der Waals surface area (Å²) in [6, 6.07) is 12.7. The maximum absolute atomic E-state index is 14.2. The fourth-order valence-corrected chi connectivity index (χ4v) is 4.43. The van der Waals surface area contributed by atoms with Crippen LogP contribution in [0.4, 0.5) is 4.39 Å². The van der Waals surface area contributed by atoms with Crippen molar-refractivity contribution in [3.63, 3.8) is 0 Å². The van der Waals surface area contributed by atoms with E-state index < -0.39 is 28.9 Å². The third-order valence-corrected chi connectivity index (χ3v) is 5.93. The van der Waals surface area contributed by atoms with Crippen LogP contribution in [0.2, 0.25) is 0 Å². The number of fused-ring (bicyclic) bond motifs is 2. The number of rotatable bonds is 5. The Kier molecular flexibility index (Phi) is 4.99. The smallest absolute Gasteiger partial charge is 0.177 e. The number of para-hydroxylation sites is 1. The van der Waals surface area contributed by atoms with Gasteiger partial charge < -0.3 is 9.84 Å². The Balaban J connectivity index is 1.79. The molecule has 0 radical (unpaired) electrons. The summed E-state index contributed by atoms with van der Waals surface area (Å²) in [5.41, 5.74) is -0.436. The molecule has 0 amide bonds. The molecule has 1 heterocycles. The summed E-state index contributed by atoms with van der Waals surface area (Å²) >= 11 is 0. The second kappa shape index (κ2) is 7.47. The van der Waals surface area contributed by atoms with Crippen LogP contribution in [-0.4, -0.2) is 22.3 Å². The normalized spacial score (nSPS) is 23.2. The molecule has 5 heteroatoms. The van der Waals surface area contributed by atoms with Crippen LogP contribution in [0, 0.1) is 11.7 Å². The Morgan fingerprint density at radius 1 is 1.21 bits per heavy atom. The first-order valence-corrected chi connectivity index (χ1v) is 10.0. The number of hydrogen-bond acceptors (Lipinski definition) is 4. The third kappa shape index (κ3) is 3.15. The van der Waals surface area contributed by atoms with Gasteiger partial charge in [0.05, 0.1) is 22.6 Å². The van der Waals surface area contributed by atoms with E-state index in [0.717, 1.165) is 12.8 Å². The molecule has 1 N–H and O–H groups in total. The van der Waals surface area contributed by atoms with Crippen LogP contribution >= 0.6 is 0 Å². The molecule has 1 fully saturated rings. The highest BCUT2D eigenvalue weighted by Gasteiger charge is 2.52. The van der Waals surface area contributed by atoms with Crippen LogP contribution in [0.5, 0.6) is 5.75 Å². The number of halogens is 1. The van der Waals surface area contributed by atoms with Crippen molar-refractivity contribution >= 4 is 17.3 Å². The molecule has 0 saturated heterocycles. The highest BCUT2D eigenvalue weighted by molar-refractivity contribution is 6.19. The first-order valence-electron chi connectivity index (χ1n) is 10.0. The van der Waals surface area contributed by atoms with Gasteiger partial charge in [-0.1, -0.05) is 37.6 Å². The van der Waals surface area contributed by atoms with Crippen molar-refractivity contribution in [3.05, 3.63) is 71.0 Å². The van der Waals surface area contributed by atoms with Gasteiger partial charge in [0.25, 0.3) is 0 Å². The number of benzene rings is 2. The lowest BCUT2D eigenvalue weighted by atomic mass is 9.68. The zero-order chi connectivity index (χ0) is 20.6. The van der Waals surface area contributed by atoms with Gasteiger partial charge in [0, 0.05) is 0 Å². The van der Waals surface area contributed by atoms with E-state index in [0.29, 0.717) is 24.2 Å². The summed E-state index contributed by atoms with van der Waals surface area (Å²) in [6.45, 7) is 2.05. The van der Waals surface area contributed by atoms with Crippen molar-refractivity contribution in [1.29, 1.82) is 0 Å². The number of hydrogen-bond donors (Lipinski definition) is 1. The van der Waals surface area contributed by atoms with E-state index in [2.05, 4.69) is 0 Å². The van der Waals surface area contributed by atoms with Gasteiger partial charge in [-0.15, -0.1) is 0 Å². The average Bonchev–Trinajstić information content (AvgIpc) is 2.72. The molecule has 150 valence electrons. The third-order valence-electron chi connectivity index (χ3n) is 5.93. The standard InChI is InChI=1S/C24H23FO4/c1-2-3-13-24-14-12-17(21(26)15-8-4-6-10-18(15)25)23(28)20(24)22(27)16-9-5-7-11-19(16)29-24/h4-11,17,27H,2-3,12-14H2,1H3/t17-,24+/m1/s1. The van der Waals surface area contributed by atoms with E-state index in [1.807, 2.05) is 13.0 Å². The molecule has 0 spiro atoms. The molecule has 4 nitrogen and oxygen atoms in total. The SMILES string of the molecule is CCCC[C@]12CC[C@H](C(=O)c3ccccc3F)C(=O)C1=C(O)c1ccccc1O2. The average molecular weight is 394 g/mol. The fourth-order valence-electron chi connectivity index (χ4n) is 4.43. The van der Waals surface area contributed by atoms with Crippen molar-refractivity contribution < 1.29 is 23.8 Å². The zero-order valence-corrected chi connectivity index (χ0v) is 16.3. The predicted molar refractivity (Wildman–Crippen MR) is 107 cm³/mol. The molecule has 2 atom stereocenters. The van der Waals surface area contributed by atoms with Gasteiger partial charge in [-0.25, -0.2) is 4.39 Å². The van der Waals surface area contributed by atoms with Crippen LogP contribution in [0.3, 0.4) is 0 Å². The first-order chi connectivity index (χ1) is 14.0. The molecular formula is C24H23FO4. The zero-order valence-electron chi connectivity index (χ0n) is 16.3. The highest BCUT2D eigenvalue weighted by atomic mass is 19.1. The lowest BCUT2D eigenvalue weighted by Gasteiger charge is -2.44. The number of carbonyl (C=O) groups excluding carboxylic acids is 2. The van der Waals surface area contributed by atoms with E-state index in [1.165, 1.54) is 18.2 Å². The minimum atomic E-state index is -1.02. The van der Waals surface area contributed by atoms with Crippen molar-refractivity contribution in [2.45, 2.75) is 44.6 Å². The summed E-state index contributed by atoms with van der Waals surface area (Å²) in [4.78, 5) is 26.4. The fraction of sp³-hybridized carbons (Fsp3) is 0.333. The molecular weight excluding hydrogens is 371 g/mol. The quantitative estimate of drug-likeness (QED) is 0.554. The monoisotopic (exact) mass is 394 g/mol. The number of aliphatic hydroxyl groups excluding tert-OH is 1. The number of carbonyl (C=O) groups is 2. The summed E-state index contributed by atoms with van der Waals surface area (Å²) < 4.78 is 20.5. The molecule has 29 heavy (non-hydrogen) atoms. The van der Waals surface area contributed by atoms with Gasteiger partial charge in [0.2, 0.25) is 0 Å². The van der Waals surface area contributed by atoms with Gasteiger partial charge in [-0.2, -0.15) is 0 Å². The van der Waals surface area contributed by atoms with Crippen LogP contribution in [0.1, 0.15) is 54.9 Å². The van der Waals surface area contributed by atoms with Crippen molar-refractivity contribution in [2.24, 2.45) is 5.92 Å². The molecule has 4 rings (SSSR count). The lowest BCUT2D eigenvalue weighted by Crippen LogP contribution is -2.50. The Hall–Kier alpha value is -2.95. The van der Waals surface area contributed by atoms with E-state index in [4.69, 9.17) is 4.74 Å². The maximum atomic E-state index is 14.2. The van der Waals surface area contributed by atoms with Crippen LogP contribution in [0.15, 0.2) is 54.1 Å². The largest absolute Gasteiger partial charge is 0.507 e. The van der Waals surface area contributed by atoms with Crippen molar-refractivity contribution in [2.75, 3.05) is 0 Å². The minimum absolute atomic E-state index is 0.0934. The molecule has 2 aromatic rings. The Bertz CT molecular complexity index is 1010. The van der Waals surface area contributed by atoms with Crippen molar-refractivity contribution in [1.82, 2.24) is 0 Å². The summed E-state index contributed by atoms with van der Waals surface area (Å²) in [5, 5.41) is 11.0.